The van der Waals surface area contributed by atoms with E-state index in [9.17, 15) is 9.00 Å². The van der Waals surface area contributed by atoms with Gasteiger partial charge in [-0.05, 0) is 45.7 Å². The maximum atomic E-state index is 12.9. The second-order valence-electron chi connectivity index (χ2n) is 7.05. The van der Waals surface area contributed by atoms with Gasteiger partial charge in [0.2, 0.25) is 0 Å². The highest BCUT2D eigenvalue weighted by Gasteiger charge is 2.31. The summed E-state index contributed by atoms with van der Waals surface area (Å²) in [5, 5.41) is 0.346. The summed E-state index contributed by atoms with van der Waals surface area (Å²) in [7, 11) is -1.28. The Balaban J connectivity index is 1.72. The van der Waals surface area contributed by atoms with Gasteiger partial charge in [-0.3, -0.25) is 4.21 Å². The van der Waals surface area contributed by atoms with Crippen molar-refractivity contribution in [3.63, 3.8) is 0 Å². The smallest absolute Gasteiger partial charge is 0.410 e. The minimum atomic E-state index is -1.28. The van der Waals surface area contributed by atoms with E-state index in [-0.39, 0.29) is 11.3 Å². The molecule has 1 aromatic heterocycles. The molecule has 0 bridgehead atoms. The summed E-state index contributed by atoms with van der Waals surface area (Å²) in [6.07, 6.45) is 1.28. The number of H-pyrrole nitrogens is 1. The molecule has 1 amide bonds. The average Bonchev–Trinajstić information content (AvgIpc) is 2.96. The van der Waals surface area contributed by atoms with Gasteiger partial charge in [0.15, 0.2) is 5.16 Å². The maximum absolute atomic E-state index is 12.9. The standard InChI is InChI=1S/C17H23N3O3S/c1-17(2,3)23-16(21)20-10-6-7-12(11-20)24(22)15-18-13-8-4-5-9-14(13)19-15/h4-5,8-9,12H,6-7,10-11H2,1-3H3,(H,18,19)/t12-,24+/m1/s1. The predicted molar refractivity (Wildman–Crippen MR) is 93.3 cm³/mol. The molecule has 7 heteroatoms. The van der Waals surface area contributed by atoms with Crippen LogP contribution in [0.15, 0.2) is 29.4 Å². The maximum Gasteiger partial charge on any atom is 0.410 e. The van der Waals surface area contributed by atoms with E-state index in [4.69, 9.17) is 4.74 Å². The van der Waals surface area contributed by atoms with Crippen LogP contribution >= 0.6 is 0 Å². The number of hydrogen-bond acceptors (Lipinski definition) is 4. The number of ether oxygens (including phenoxy) is 1. The molecular formula is C17H23N3O3S. The van der Waals surface area contributed by atoms with E-state index < -0.39 is 16.4 Å². The molecule has 2 heterocycles. The zero-order chi connectivity index (χ0) is 17.3. The second-order valence-corrected chi connectivity index (χ2v) is 8.70. The summed E-state index contributed by atoms with van der Waals surface area (Å²) in [4.78, 5) is 21.4. The number of nitrogens with zero attached hydrogens (tertiary/aromatic N) is 2. The molecule has 1 aliphatic heterocycles. The van der Waals surface area contributed by atoms with Crippen LogP contribution in [0.4, 0.5) is 4.79 Å². The van der Waals surface area contributed by atoms with Crippen molar-refractivity contribution < 1.29 is 13.7 Å². The topological polar surface area (TPSA) is 75.3 Å². The van der Waals surface area contributed by atoms with E-state index in [1.165, 1.54) is 0 Å². The van der Waals surface area contributed by atoms with Gasteiger partial charge in [0.05, 0.1) is 27.1 Å². The van der Waals surface area contributed by atoms with Gasteiger partial charge in [0, 0.05) is 13.1 Å². The number of rotatable bonds is 2. The zero-order valence-electron chi connectivity index (χ0n) is 14.2. The van der Waals surface area contributed by atoms with Crippen LogP contribution in [0.3, 0.4) is 0 Å². The fraction of sp³-hybridized carbons (Fsp3) is 0.529. The lowest BCUT2D eigenvalue weighted by atomic mass is 10.1. The third-order valence-electron chi connectivity index (χ3n) is 3.89. The van der Waals surface area contributed by atoms with E-state index in [2.05, 4.69) is 9.97 Å². The molecule has 0 radical (unpaired) electrons. The number of nitrogens with one attached hydrogen (secondary N) is 1. The molecule has 0 aliphatic carbocycles. The van der Waals surface area contributed by atoms with Crippen molar-refractivity contribution in [2.45, 2.75) is 49.6 Å². The summed E-state index contributed by atoms with van der Waals surface area (Å²) < 4.78 is 18.3. The molecule has 3 rings (SSSR count). The van der Waals surface area contributed by atoms with E-state index >= 15 is 0 Å². The van der Waals surface area contributed by atoms with Gasteiger partial charge in [-0.2, -0.15) is 0 Å². The number of aromatic amines is 1. The Labute approximate surface area is 144 Å². The van der Waals surface area contributed by atoms with Crippen LogP contribution in [0.2, 0.25) is 0 Å². The Morgan fingerprint density at radius 2 is 2.12 bits per heavy atom. The number of para-hydroxylation sites is 2. The molecule has 0 saturated carbocycles. The first-order valence-corrected chi connectivity index (χ1v) is 9.38. The molecule has 130 valence electrons. The monoisotopic (exact) mass is 349 g/mol. The van der Waals surface area contributed by atoms with Crippen LogP contribution < -0.4 is 0 Å². The normalized spacial score (nSPS) is 20.1. The highest BCUT2D eigenvalue weighted by Crippen LogP contribution is 2.22. The molecule has 2 atom stereocenters. The first kappa shape index (κ1) is 17.0. The lowest BCUT2D eigenvalue weighted by Gasteiger charge is -2.33. The van der Waals surface area contributed by atoms with Crippen LogP contribution in [0.5, 0.6) is 0 Å². The van der Waals surface area contributed by atoms with Crippen molar-refractivity contribution in [2.24, 2.45) is 0 Å². The van der Waals surface area contributed by atoms with Gasteiger partial charge in [-0.25, -0.2) is 9.78 Å². The number of piperidine rings is 1. The zero-order valence-corrected chi connectivity index (χ0v) is 15.1. The van der Waals surface area contributed by atoms with Gasteiger partial charge >= 0.3 is 6.09 Å². The summed E-state index contributed by atoms with van der Waals surface area (Å²) in [5.74, 6) is 0. The molecule has 1 aromatic carbocycles. The van der Waals surface area contributed by atoms with Gasteiger partial charge < -0.3 is 14.6 Å². The van der Waals surface area contributed by atoms with Crippen molar-refractivity contribution in [1.82, 2.24) is 14.9 Å². The van der Waals surface area contributed by atoms with Gasteiger partial charge in [0.25, 0.3) is 0 Å². The molecule has 0 spiro atoms. The number of carbonyl (C=O) groups excluding carboxylic acids is 1. The molecule has 0 unspecified atom stereocenters. The molecule has 1 aliphatic rings. The number of carbonyl (C=O) groups is 1. The molecule has 2 aromatic rings. The molecule has 1 saturated heterocycles. The minimum Gasteiger partial charge on any atom is -0.444 e. The Kier molecular flexibility index (Phi) is 4.62. The van der Waals surface area contributed by atoms with Gasteiger partial charge in [-0.15, -0.1) is 0 Å². The fourth-order valence-corrected chi connectivity index (χ4v) is 4.20. The predicted octanol–water partition coefficient (Wildman–Crippen LogP) is 3.07. The Morgan fingerprint density at radius 3 is 2.83 bits per heavy atom. The van der Waals surface area contributed by atoms with E-state index in [1.807, 2.05) is 45.0 Å². The van der Waals surface area contributed by atoms with Crippen molar-refractivity contribution in [2.75, 3.05) is 13.1 Å². The Bertz CT molecular complexity index is 733. The third kappa shape index (κ3) is 3.77. The highest BCUT2D eigenvalue weighted by molar-refractivity contribution is 7.85. The van der Waals surface area contributed by atoms with Gasteiger partial charge in [-0.1, -0.05) is 12.1 Å². The summed E-state index contributed by atoms with van der Waals surface area (Å²) in [6, 6.07) is 7.62. The second kappa shape index (κ2) is 6.55. The van der Waals surface area contributed by atoms with Crippen molar-refractivity contribution in [1.29, 1.82) is 0 Å². The van der Waals surface area contributed by atoms with Crippen LogP contribution in [0.1, 0.15) is 33.6 Å². The van der Waals surface area contributed by atoms with Crippen molar-refractivity contribution in [3.05, 3.63) is 24.3 Å². The average molecular weight is 349 g/mol. The number of aromatic nitrogens is 2. The Morgan fingerprint density at radius 1 is 1.38 bits per heavy atom. The summed E-state index contributed by atoms with van der Waals surface area (Å²) >= 11 is 0. The number of imidazole rings is 1. The molecule has 6 nitrogen and oxygen atoms in total. The van der Waals surface area contributed by atoms with E-state index in [0.717, 1.165) is 23.9 Å². The largest absolute Gasteiger partial charge is 0.444 e. The molecular weight excluding hydrogens is 326 g/mol. The quantitative estimate of drug-likeness (QED) is 0.904. The summed E-state index contributed by atoms with van der Waals surface area (Å²) in [6.45, 7) is 6.61. The van der Waals surface area contributed by atoms with Gasteiger partial charge in [0.1, 0.15) is 5.60 Å². The van der Waals surface area contributed by atoms with Crippen LogP contribution in [0, 0.1) is 0 Å². The number of hydrogen-bond donors (Lipinski definition) is 1. The molecule has 24 heavy (non-hydrogen) atoms. The molecule has 1 fully saturated rings. The van der Waals surface area contributed by atoms with Crippen LogP contribution in [0.25, 0.3) is 11.0 Å². The first-order chi connectivity index (χ1) is 11.3. The lowest BCUT2D eigenvalue weighted by molar-refractivity contribution is 0.0219. The van der Waals surface area contributed by atoms with Crippen molar-refractivity contribution in [3.8, 4) is 0 Å². The third-order valence-corrected chi connectivity index (χ3v) is 5.46. The van der Waals surface area contributed by atoms with E-state index in [1.54, 1.807) is 4.90 Å². The first-order valence-electron chi connectivity index (χ1n) is 8.17. The SMILES string of the molecule is CC(C)(C)OC(=O)N1CCC[C@@H]([S@](=O)c2nc3ccccc3[nH]2)C1. The van der Waals surface area contributed by atoms with Crippen molar-refractivity contribution >= 4 is 27.9 Å². The summed E-state index contributed by atoms with van der Waals surface area (Å²) in [5.41, 5.74) is 1.16. The van der Waals surface area contributed by atoms with E-state index in [0.29, 0.717) is 18.2 Å². The minimum absolute atomic E-state index is 0.133. The number of amides is 1. The highest BCUT2D eigenvalue weighted by atomic mass is 32.2. The Hall–Kier alpha value is -1.89. The molecule has 1 N–H and O–H groups in total. The number of fused-ring (bicyclic) bond motifs is 1. The fourth-order valence-electron chi connectivity index (χ4n) is 2.79. The lowest BCUT2D eigenvalue weighted by Crippen LogP contribution is -2.46. The van der Waals surface area contributed by atoms with Crippen LogP contribution in [-0.2, 0) is 15.5 Å². The number of benzene rings is 1. The van der Waals surface area contributed by atoms with Crippen LogP contribution in [-0.4, -0.2) is 49.1 Å². The number of likely N-dealkylation sites (tertiary alicyclic amines) is 1.